The van der Waals surface area contributed by atoms with Crippen LogP contribution in [0.1, 0.15) is 28.8 Å². The summed E-state index contributed by atoms with van der Waals surface area (Å²) >= 11 is 0.497. The highest BCUT2D eigenvalue weighted by Gasteiger charge is 2.23. The first kappa shape index (κ1) is 17.9. The Labute approximate surface area is 151 Å². The van der Waals surface area contributed by atoms with Gasteiger partial charge in [-0.25, -0.2) is 0 Å². The van der Waals surface area contributed by atoms with Crippen LogP contribution in [0.15, 0.2) is 59.5 Å². The van der Waals surface area contributed by atoms with Gasteiger partial charge < -0.3 is 4.90 Å². The second-order valence-corrected chi connectivity index (χ2v) is 7.39. The van der Waals surface area contributed by atoms with Gasteiger partial charge in [0.1, 0.15) is 0 Å². The van der Waals surface area contributed by atoms with E-state index in [0.29, 0.717) is 28.1 Å². The molecule has 1 fully saturated rings. The molecule has 2 nitrogen and oxygen atoms in total. The molecule has 0 radical (unpaired) electrons. The minimum absolute atomic E-state index is 0.00763. The number of benzene rings is 2. The maximum absolute atomic E-state index is 12.6. The fourth-order valence-electron chi connectivity index (χ4n) is 3.25. The Morgan fingerprint density at radius 2 is 1.68 bits per heavy atom. The first-order valence-electron chi connectivity index (χ1n) is 8.50. The number of likely N-dealkylation sites (tertiary alicyclic amines) is 1. The van der Waals surface area contributed by atoms with E-state index in [2.05, 4.69) is 24.3 Å². The fraction of sp³-hybridized carbons (Fsp3) is 0.350. The predicted molar refractivity (Wildman–Crippen MR) is 97.1 cm³/mol. The lowest BCUT2D eigenvalue weighted by Crippen LogP contribution is -2.38. The zero-order valence-electron chi connectivity index (χ0n) is 13.9. The maximum Gasteiger partial charge on any atom is 0.288 e. The largest absolute Gasteiger partial charge is 0.339 e. The number of rotatable bonds is 5. The van der Waals surface area contributed by atoms with E-state index in [-0.39, 0.29) is 5.91 Å². The molecule has 2 aromatic carbocycles. The number of carbonyl (C=O) groups is 1. The number of hydrogen-bond acceptors (Lipinski definition) is 2. The molecular formula is C20H21F2NOS. The van der Waals surface area contributed by atoms with Crippen LogP contribution in [0.25, 0.3) is 0 Å². The van der Waals surface area contributed by atoms with Crippen molar-refractivity contribution in [3.8, 4) is 0 Å². The summed E-state index contributed by atoms with van der Waals surface area (Å²) in [5, 5.41) is 0. The predicted octanol–water partition coefficient (Wildman–Crippen LogP) is 5.10. The molecule has 132 valence electrons. The fourth-order valence-corrected chi connectivity index (χ4v) is 3.75. The molecule has 1 heterocycles. The van der Waals surface area contributed by atoms with Gasteiger partial charge >= 0.3 is 0 Å². The van der Waals surface area contributed by atoms with Crippen LogP contribution in [0, 0.1) is 5.92 Å². The first-order chi connectivity index (χ1) is 12.1. The molecule has 0 atom stereocenters. The minimum atomic E-state index is -2.44. The summed E-state index contributed by atoms with van der Waals surface area (Å²) in [6, 6.07) is 16.9. The first-order valence-corrected chi connectivity index (χ1v) is 9.38. The topological polar surface area (TPSA) is 20.3 Å². The van der Waals surface area contributed by atoms with Gasteiger partial charge in [-0.2, -0.15) is 8.78 Å². The number of hydrogen-bond donors (Lipinski definition) is 0. The summed E-state index contributed by atoms with van der Waals surface area (Å²) in [5.41, 5.74) is 1.92. The van der Waals surface area contributed by atoms with Gasteiger partial charge in [0.2, 0.25) is 0 Å². The van der Waals surface area contributed by atoms with E-state index < -0.39 is 5.76 Å². The van der Waals surface area contributed by atoms with Gasteiger partial charge in [-0.15, -0.1) is 0 Å². The molecular weight excluding hydrogens is 340 g/mol. The van der Waals surface area contributed by atoms with Crippen molar-refractivity contribution in [1.82, 2.24) is 4.90 Å². The smallest absolute Gasteiger partial charge is 0.288 e. The van der Waals surface area contributed by atoms with Crippen molar-refractivity contribution in [2.45, 2.75) is 29.9 Å². The maximum atomic E-state index is 12.6. The van der Waals surface area contributed by atoms with Gasteiger partial charge in [0.05, 0.1) is 0 Å². The Kier molecular flexibility index (Phi) is 6.08. The lowest BCUT2D eigenvalue weighted by Gasteiger charge is -2.32. The van der Waals surface area contributed by atoms with Crippen LogP contribution in [0.5, 0.6) is 0 Å². The molecule has 0 aliphatic carbocycles. The zero-order valence-corrected chi connectivity index (χ0v) is 14.7. The van der Waals surface area contributed by atoms with Crippen LogP contribution in [0.2, 0.25) is 0 Å². The number of carbonyl (C=O) groups excluding carboxylic acids is 1. The Hall–Kier alpha value is -1.88. The number of halogens is 2. The van der Waals surface area contributed by atoms with Crippen molar-refractivity contribution < 1.29 is 13.6 Å². The van der Waals surface area contributed by atoms with Gasteiger partial charge in [0.25, 0.3) is 11.7 Å². The highest BCUT2D eigenvalue weighted by Crippen LogP contribution is 2.26. The molecule has 25 heavy (non-hydrogen) atoms. The molecule has 0 spiro atoms. The summed E-state index contributed by atoms with van der Waals surface area (Å²) in [7, 11) is 0. The van der Waals surface area contributed by atoms with E-state index in [1.165, 1.54) is 5.56 Å². The van der Waals surface area contributed by atoms with E-state index in [9.17, 15) is 13.6 Å². The standard InChI is InChI=1S/C20H21F2NOS/c21-20(22)25-18-8-6-17(7-9-18)19(24)23-12-10-16(11-13-23)14-15-4-2-1-3-5-15/h1-9,16,20H,10-14H2. The van der Waals surface area contributed by atoms with Crippen LogP contribution in [0.4, 0.5) is 8.78 Å². The number of piperidine rings is 1. The van der Waals surface area contributed by atoms with Crippen LogP contribution in [-0.2, 0) is 6.42 Å². The molecule has 0 unspecified atom stereocenters. The molecule has 1 aliphatic heterocycles. The van der Waals surface area contributed by atoms with E-state index >= 15 is 0 Å². The highest BCUT2D eigenvalue weighted by molar-refractivity contribution is 7.99. The number of thioether (sulfide) groups is 1. The average Bonchev–Trinajstić information content (AvgIpc) is 2.63. The number of amides is 1. The van der Waals surface area contributed by atoms with Gasteiger partial charge in [-0.3, -0.25) is 4.79 Å². The SMILES string of the molecule is O=C(c1ccc(SC(F)F)cc1)N1CCC(Cc2ccccc2)CC1. The second kappa shape index (κ2) is 8.48. The van der Waals surface area contributed by atoms with Crippen LogP contribution in [0.3, 0.4) is 0 Å². The normalized spacial score (nSPS) is 15.6. The summed E-state index contributed by atoms with van der Waals surface area (Å²) in [5.74, 6) is -1.84. The Morgan fingerprint density at radius 1 is 1.04 bits per heavy atom. The zero-order chi connectivity index (χ0) is 17.6. The Bertz CT molecular complexity index is 683. The molecule has 5 heteroatoms. The average molecular weight is 361 g/mol. The third kappa shape index (κ3) is 5.05. The van der Waals surface area contributed by atoms with Crippen molar-refractivity contribution in [3.63, 3.8) is 0 Å². The van der Waals surface area contributed by atoms with Gasteiger partial charge in [0.15, 0.2) is 0 Å². The quantitative estimate of drug-likeness (QED) is 0.691. The monoisotopic (exact) mass is 361 g/mol. The second-order valence-electron chi connectivity index (χ2n) is 6.33. The van der Waals surface area contributed by atoms with Crippen molar-refractivity contribution in [3.05, 3.63) is 65.7 Å². The van der Waals surface area contributed by atoms with Crippen LogP contribution in [-0.4, -0.2) is 29.7 Å². The molecule has 0 N–H and O–H groups in total. The molecule has 1 amide bonds. The number of nitrogens with zero attached hydrogens (tertiary/aromatic N) is 1. The van der Waals surface area contributed by atoms with Crippen molar-refractivity contribution in [2.24, 2.45) is 5.92 Å². The van der Waals surface area contributed by atoms with Crippen LogP contribution >= 0.6 is 11.8 Å². The van der Waals surface area contributed by atoms with Gasteiger partial charge in [-0.1, -0.05) is 42.1 Å². The Balaban J connectivity index is 1.52. The molecule has 0 bridgehead atoms. The summed E-state index contributed by atoms with van der Waals surface area (Å²) in [4.78, 5) is 14.9. The third-order valence-electron chi connectivity index (χ3n) is 4.60. The molecule has 3 rings (SSSR count). The van der Waals surface area contributed by atoms with E-state index in [1.54, 1.807) is 24.3 Å². The number of alkyl halides is 2. The van der Waals surface area contributed by atoms with Crippen molar-refractivity contribution in [1.29, 1.82) is 0 Å². The lowest BCUT2D eigenvalue weighted by atomic mass is 9.90. The summed E-state index contributed by atoms with van der Waals surface area (Å²) < 4.78 is 24.7. The van der Waals surface area contributed by atoms with Crippen molar-refractivity contribution >= 4 is 17.7 Å². The van der Waals surface area contributed by atoms with Crippen molar-refractivity contribution in [2.75, 3.05) is 13.1 Å². The molecule has 0 aromatic heterocycles. The summed E-state index contributed by atoms with van der Waals surface area (Å²) in [6.45, 7) is 1.51. The molecule has 2 aromatic rings. The van der Waals surface area contributed by atoms with Gasteiger partial charge in [0, 0.05) is 23.5 Å². The van der Waals surface area contributed by atoms with E-state index in [4.69, 9.17) is 0 Å². The summed E-state index contributed by atoms with van der Waals surface area (Å²) in [6.07, 6.45) is 3.06. The molecule has 1 saturated heterocycles. The van der Waals surface area contributed by atoms with E-state index in [1.807, 2.05) is 11.0 Å². The molecule has 0 saturated carbocycles. The molecule has 1 aliphatic rings. The highest BCUT2D eigenvalue weighted by atomic mass is 32.2. The van der Waals surface area contributed by atoms with Crippen LogP contribution < -0.4 is 0 Å². The Morgan fingerprint density at radius 3 is 2.28 bits per heavy atom. The minimum Gasteiger partial charge on any atom is -0.339 e. The van der Waals surface area contributed by atoms with Gasteiger partial charge in [-0.05, 0) is 55.0 Å². The lowest BCUT2D eigenvalue weighted by molar-refractivity contribution is 0.0690. The van der Waals surface area contributed by atoms with E-state index in [0.717, 1.165) is 32.4 Å². The third-order valence-corrected chi connectivity index (χ3v) is 5.32.